The molecule has 0 aliphatic heterocycles. The molecule has 130 valence electrons. The van der Waals surface area contributed by atoms with Crippen molar-refractivity contribution in [1.29, 1.82) is 0 Å². The van der Waals surface area contributed by atoms with Crippen molar-refractivity contribution in [1.82, 2.24) is 9.78 Å². The molecular weight excluding hydrogens is 330 g/mol. The maximum absolute atomic E-state index is 13.8. The molecule has 25 heavy (non-hydrogen) atoms. The topological polar surface area (TPSA) is 53.4 Å². The number of carbonyl (C=O) groups excluding carboxylic acids is 1. The number of carbonyl (C=O) groups is 1. The van der Waals surface area contributed by atoms with E-state index in [1.165, 1.54) is 13.2 Å². The van der Waals surface area contributed by atoms with Gasteiger partial charge in [0.1, 0.15) is 22.9 Å². The van der Waals surface area contributed by atoms with E-state index in [9.17, 15) is 13.6 Å². The Bertz CT molecular complexity index is 931. The molecule has 0 amide bonds. The lowest BCUT2D eigenvalue weighted by atomic mass is 10.2. The van der Waals surface area contributed by atoms with Gasteiger partial charge < -0.3 is 9.47 Å². The molecule has 0 bridgehead atoms. The highest BCUT2D eigenvalue weighted by molar-refractivity contribution is 5.95. The van der Waals surface area contributed by atoms with Crippen LogP contribution in [-0.4, -0.2) is 22.9 Å². The first-order valence-corrected chi connectivity index (χ1v) is 7.64. The van der Waals surface area contributed by atoms with Gasteiger partial charge in [0.2, 0.25) is 5.88 Å². The van der Waals surface area contributed by atoms with E-state index in [1.54, 1.807) is 22.9 Å². The summed E-state index contributed by atoms with van der Waals surface area (Å²) in [6, 6.07) is 8.35. The average Bonchev–Trinajstić information content (AvgIpc) is 2.92. The third kappa shape index (κ3) is 3.05. The molecule has 0 spiro atoms. The Morgan fingerprint density at radius 2 is 1.84 bits per heavy atom. The van der Waals surface area contributed by atoms with Crippen LogP contribution in [0.4, 0.5) is 8.78 Å². The van der Waals surface area contributed by atoms with Crippen LogP contribution in [0.3, 0.4) is 0 Å². The van der Waals surface area contributed by atoms with E-state index in [1.807, 2.05) is 13.8 Å². The standard InChI is InChI=1S/C18H16F2N2O3/c1-10(2)22-15-8-7-11(24-3)9-12(15)17(21-22)25-18(23)16-13(19)5-4-6-14(16)20/h4-10H,1-3H3. The minimum atomic E-state index is -1.14. The quantitative estimate of drug-likeness (QED) is 0.667. The van der Waals surface area contributed by atoms with Crippen LogP contribution in [0.5, 0.6) is 11.6 Å². The highest BCUT2D eigenvalue weighted by Crippen LogP contribution is 2.31. The molecule has 2 aromatic carbocycles. The van der Waals surface area contributed by atoms with E-state index in [0.29, 0.717) is 16.7 Å². The Morgan fingerprint density at radius 3 is 2.44 bits per heavy atom. The van der Waals surface area contributed by atoms with Crippen molar-refractivity contribution < 1.29 is 23.0 Å². The SMILES string of the molecule is COc1ccc2c(c1)c(OC(=O)c1c(F)cccc1F)nn2C(C)C. The fourth-order valence-corrected chi connectivity index (χ4v) is 2.52. The summed E-state index contributed by atoms with van der Waals surface area (Å²) in [6.07, 6.45) is 0. The van der Waals surface area contributed by atoms with Gasteiger partial charge in [0.25, 0.3) is 0 Å². The molecule has 3 aromatic rings. The number of aromatic nitrogens is 2. The number of rotatable bonds is 4. The molecule has 0 aliphatic rings. The first-order valence-electron chi connectivity index (χ1n) is 7.64. The summed E-state index contributed by atoms with van der Waals surface area (Å²) in [5.41, 5.74) is -0.0368. The molecule has 1 aromatic heterocycles. The van der Waals surface area contributed by atoms with Gasteiger partial charge in [-0.1, -0.05) is 6.07 Å². The minimum absolute atomic E-state index is 0.00598. The monoisotopic (exact) mass is 346 g/mol. The van der Waals surface area contributed by atoms with Crippen molar-refractivity contribution in [3.63, 3.8) is 0 Å². The number of hydrogen-bond donors (Lipinski definition) is 0. The lowest BCUT2D eigenvalue weighted by Gasteiger charge is -2.06. The van der Waals surface area contributed by atoms with Crippen LogP contribution in [0.2, 0.25) is 0 Å². The fraction of sp³-hybridized carbons (Fsp3) is 0.222. The Hall–Kier alpha value is -2.96. The molecule has 1 heterocycles. The summed E-state index contributed by atoms with van der Waals surface area (Å²) in [5, 5.41) is 4.77. The van der Waals surface area contributed by atoms with Crippen molar-refractivity contribution in [3.05, 3.63) is 53.6 Å². The second-order valence-electron chi connectivity index (χ2n) is 5.71. The minimum Gasteiger partial charge on any atom is -0.497 e. The van der Waals surface area contributed by atoms with E-state index in [0.717, 1.165) is 12.1 Å². The van der Waals surface area contributed by atoms with Crippen LogP contribution in [0, 0.1) is 11.6 Å². The summed E-state index contributed by atoms with van der Waals surface area (Å²) < 4.78 is 39.6. The summed E-state index contributed by atoms with van der Waals surface area (Å²) in [5.74, 6) is -2.61. The van der Waals surface area contributed by atoms with Crippen LogP contribution in [0.25, 0.3) is 10.9 Å². The van der Waals surface area contributed by atoms with E-state index in [4.69, 9.17) is 9.47 Å². The molecule has 7 heteroatoms. The largest absolute Gasteiger partial charge is 0.497 e. The maximum atomic E-state index is 13.8. The van der Waals surface area contributed by atoms with Gasteiger partial charge in [-0.3, -0.25) is 4.68 Å². The number of nitrogens with zero attached hydrogens (tertiary/aromatic N) is 2. The number of hydrogen-bond acceptors (Lipinski definition) is 4. The Labute approximate surface area is 142 Å². The Kier molecular flexibility index (Phi) is 4.39. The summed E-state index contributed by atoms with van der Waals surface area (Å²) >= 11 is 0. The average molecular weight is 346 g/mol. The van der Waals surface area contributed by atoms with Gasteiger partial charge in [0.05, 0.1) is 18.0 Å². The summed E-state index contributed by atoms with van der Waals surface area (Å²) in [7, 11) is 1.51. The molecule has 3 rings (SSSR count). The number of fused-ring (bicyclic) bond motifs is 1. The molecule has 5 nitrogen and oxygen atoms in total. The van der Waals surface area contributed by atoms with Crippen LogP contribution < -0.4 is 9.47 Å². The number of halogens is 2. The zero-order chi connectivity index (χ0) is 18.1. The van der Waals surface area contributed by atoms with E-state index >= 15 is 0 Å². The Morgan fingerprint density at radius 1 is 1.16 bits per heavy atom. The highest BCUT2D eigenvalue weighted by atomic mass is 19.1. The van der Waals surface area contributed by atoms with Gasteiger partial charge in [-0.2, -0.15) is 0 Å². The molecule has 0 saturated heterocycles. The summed E-state index contributed by atoms with van der Waals surface area (Å²) in [6.45, 7) is 3.83. The summed E-state index contributed by atoms with van der Waals surface area (Å²) in [4.78, 5) is 12.3. The smallest absolute Gasteiger partial charge is 0.350 e. The van der Waals surface area contributed by atoms with Gasteiger partial charge in [-0.25, -0.2) is 13.6 Å². The van der Waals surface area contributed by atoms with Gasteiger partial charge in [-0.15, -0.1) is 5.10 Å². The maximum Gasteiger partial charge on any atom is 0.350 e. The molecule has 0 radical (unpaired) electrons. The van der Waals surface area contributed by atoms with Crippen LogP contribution >= 0.6 is 0 Å². The van der Waals surface area contributed by atoms with Gasteiger partial charge in [0.15, 0.2) is 0 Å². The van der Waals surface area contributed by atoms with E-state index in [-0.39, 0.29) is 11.9 Å². The predicted molar refractivity (Wildman–Crippen MR) is 88.0 cm³/mol. The van der Waals surface area contributed by atoms with Gasteiger partial charge >= 0.3 is 5.97 Å². The molecule has 0 fully saturated rings. The number of methoxy groups -OCH3 is 1. The third-order valence-corrected chi connectivity index (χ3v) is 3.72. The van der Waals surface area contributed by atoms with Gasteiger partial charge in [-0.05, 0) is 44.2 Å². The molecule has 0 atom stereocenters. The van der Waals surface area contributed by atoms with Crippen LogP contribution in [0.15, 0.2) is 36.4 Å². The lowest BCUT2D eigenvalue weighted by molar-refractivity contribution is 0.0718. The second kappa shape index (κ2) is 6.51. The molecule has 0 saturated carbocycles. The molecule has 0 unspecified atom stereocenters. The molecule has 0 N–H and O–H groups in total. The van der Waals surface area contributed by atoms with E-state index < -0.39 is 23.2 Å². The molecule has 0 aliphatic carbocycles. The highest BCUT2D eigenvalue weighted by Gasteiger charge is 2.23. The second-order valence-corrected chi connectivity index (χ2v) is 5.71. The van der Waals surface area contributed by atoms with Crippen molar-refractivity contribution >= 4 is 16.9 Å². The third-order valence-electron chi connectivity index (χ3n) is 3.72. The van der Waals surface area contributed by atoms with Gasteiger partial charge in [0, 0.05) is 6.04 Å². The number of ether oxygens (including phenoxy) is 2. The fourth-order valence-electron chi connectivity index (χ4n) is 2.52. The van der Waals surface area contributed by atoms with Crippen LogP contribution in [0.1, 0.15) is 30.2 Å². The predicted octanol–water partition coefficient (Wildman–Crippen LogP) is 4.12. The lowest BCUT2D eigenvalue weighted by Crippen LogP contribution is -2.14. The first kappa shape index (κ1) is 16.9. The number of esters is 1. The zero-order valence-electron chi connectivity index (χ0n) is 13.9. The van der Waals surface area contributed by atoms with Crippen molar-refractivity contribution in [2.24, 2.45) is 0 Å². The van der Waals surface area contributed by atoms with Crippen LogP contribution in [-0.2, 0) is 0 Å². The molecular formula is C18H16F2N2O3. The zero-order valence-corrected chi connectivity index (χ0v) is 13.9. The Balaban J connectivity index is 2.07. The number of benzene rings is 2. The van der Waals surface area contributed by atoms with Crippen molar-refractivity contribution in [3.8, 4) is 11.6 Å². The van der Waals surface area contributed by atoms with E-state index in [2.05, 4.69) is 5.10 Å². The van der Waals surface area contributed by atoms with Crippen molar-refractivity contribution in [2.45, 2.75) is 19.9 Å². The van der Waals surface area contributed by atoms with Crippen molar-refractivity contribution in [2.75, 3.05) is 7.11 Å². The normalized spacial score (nSPS) is 11.1. The first-order chi connectivity index (χ1) is 11.9.